The average Bonchev–Trinajstić information content (AvgIpc) is 3.48. The molecule has 0 spiro atoms. The second-order valence-electron chi connectivity index (χ2n) is 11.6. The minimum atomic E-state index is -0.912. The van der Waals surface area contributed by atoms with Gasteiger partial charge in [-0.3, -0.25) is 4.79 Å². The summed E-state index contributed by atoms with van der Waals surface area (Å²) >= 11 is 0. The predicted octanol–water partition coefficient (Wildman–Crippen LogP) is 4.54. The fourth-order valence-corrected chi connectivity index (χ4v) is 5.81. The van der Waals surface area contributed by atoms with Crippen molar-refractivity contribution in [2.45, 2.75) is 64.5 Å². The number of amidine groups is 1. The molecule has 3 aromatic rings. The van der Waals surface area contributed by atoms with Crippen molar-refractivity contribution in [1.29, 1.82) is 0 Å². The molecule has 2 atom stereocenters. The molecule has 1 aliphatic heterocycles. The van der Waals surface area contributed by atoms with Crippen molar-refractivity contribution < 1.29 is 24.1 Å². The Morgan fingerprint density at radius 3 is 2.66 bits per heavy atom. The third-order valence-electron chi connectivity index (χ3n) is 7.66. The highest BCUT2D eigenvalue weighted by Gasteiger charge is 2.31. The van der Waals surface area contributed by atoms with Gasteiger partial charge in [0.1, 0.15) is 17.4 Å². The number of nitrogens with two attached hydrogens (primary N) is 1. The minimum Gasteiger partial charge on any atom is -0.492 e. The number of carboxylic acids is 1. The molecule has 10 heteroatoms. The van der Waals surface area contributed by atoms with Crippen LogP contribution in [-0.4, -0.2) is 45.8 Å². The topological polar surface area (TPSA) is 142 Å². The van der Waals surface area contributed by atoms with Gasteiger partial charge in [-0.15, -0.1) is 0 Å². The van der Waals surface area contributed by atoms with Gasteiger partial charge in [0.2, 0.25) is 0 Å². The number of aliphatic carboxylic acids is 1. The SMILES string of the molecule is Cc1cc(/C(N)=N/NCC(C)(C)O)cc(C)c1-c1ccc(F)c2c1CC[C@H]2Nc1cc2c(cn1)C(CC(=O)O)CO2. The summed E-state index contributed by atoms with van der Waals surface area (Å²) in [6.45, 7) is 7.96. The molecule has 0 saturated carbocycles. The van der Waals surface area contributed by atoms with E-state index in [-0.39, 0.29) is 30.7 Å². The number of nitrogens with one attached hydrogen (secondary N) is 2. The standard InChI is InChI=1S/C31H36FN5O4/c1-16-9-18(30(33)37-35-15-31(3,4)40)10-17(2)28(16)20-5-7-23(32)29-21(20)6-8-24(29)36-26-12-25-22(13-34-26)19(14-41-25)11-27(38)39/h5,7,9-10,12-13,19,24,35,40H,6,8,11,14-15H2,1-4H3,(H2,33,37)(H,34,36)(H,38,39)/t19?,24-/m1/s1. The fraction of sp³-hybridized carbons (Fsp3) is 0.387. The molecular formula is C31H36FN5O4. The number of fused-ring (bicyclic) bond motifs is 2. The second-order valence-corrected chi connectivity index (χ2v) is 11.6. The number of hydrazone groups is 1. The summed E-state index contributed by atoms with van der Waals surface area (Å²) in [6, 6.07) is 8.81. The number of carboxylic acid groups (broad SMARTS) is 1. The first-order chi connectivity index (χ1) is 19.4. The van der Waals surface area contributed by atoms with Crippen LogP contribution >= 0.6 is 0 Å². The van der Waals surface area contributed by atoms with Crippen LogP contribution < -0.4 is 21.2 Å². The van der Waals surface area contributed by atoms with E-state index in [0.29, 0.717) is 42.4 Å². The molecule has 5 rings (SSSR count). The van der Waals surface area contributed by atoms with Crippen molar-refractivity contribution in [1.82, 2.24) is 10.4 Å². The molecule has 6 N–H and O–H groups in total. The molecule has 0 amide bonds. The van der Waals surface area contributed by atoms with Gasteiger partial charge >= 0.3 is 5.97 Å². The van der Waals surface area contributed by atoms with Gasteiger partial charge in [-0.1, -0.05) is 6.07 Å². The summed E-state index contributed by atoms with van der Waals surface area (Å²) in [5.74, 6) is 0.135. The number of hydrogen-bond acceptors (Lipinski definition) is 7. The van der Waals surface area contributed by atoms with Crippen molar-refractivity contribution in [3.63, 3.8) is 0 Å². The Kier molecular flexibility index (Phi) is 7.61. The van der Waals surface area contributed by atoms with E-state index in [4.69, 9.17) is 15.6 Å². The van der Waals surface area contributed by atoms with Crippen LogP contribution in [0.15, 0.2) is 41.6 Å². The zero-order valence-electron chi connectivity index (χ0n) is 23.7. The van der Waals surface area contributed by atoms with Crippen LogP contribution in [0.4, 0.5) is 10.2 Å². The maximum absolute atomic E-state index is 15.3. The largest absolute Gasteiger partial charge is 0.492 e. The molecule has 0 fully saturated rings. The molecular weight excluding hydrogens is 525 g/mol. The van der Waals surface area contributed by atoms with E-state index in [1.165, 1.54) is 6.07 Å². The summed E-state index contributed by atoms with van der Waals surface area (Å²) < 4.78 is 21.0. The highest BCUT2D eigenvalue weighted by atomic mass is 19.1. The average molecular weight is 562 g/mol. The van der Waals surface area contributed by atoms with Crippen molar-refractivity contribution in [3.05, 3.63) is 75.7 Å². The van der Waals surface area contributed by atoms with Gasteiger partial charge in [0.15, 0.2) is 5.84 Å². The van der Waals surface area contributed by atoms with Crippen LogP contribution in [0.2, 0.25) is 0 Å². The maximum Gasteiger partial charge on any atom is 0.304 e. The third-order valence-corrected chi connectivity index (χ3v) is 7.66. The molecule has 1 aromatic heterocycles. The monoisotopic (exact) mass is 561 g/mol. The number of rotatable bonds is 9. The lowest BCUT2D eigenvalue weighted by Gasteiger charge is -2.19. The molecule has 2 heterocycles. The Morgan fingerprint density at radius 2 is 1.98 bits per heavy atom. The Labute approximate surface area is 238 Å². The molecule has 41 heavy (non-hydrogen) atoms. The molecule has 0 radical (unpaired) electrons. The summed E-state index contributed by atoms with van der Waals surface area (Å²) in [7, 11) is 0. The van der Waals surface area contributed by atoms with Crippen molar-refractivity contribution in [2.24, 2.45) is 10.8 Å². The number of carbonyl (C=O) groups is 1. The number of aromatic nitrogens is 1. The Bertz CT molecular complexity index is 1510. The van der Waals surface area contributed by atoms with E-state index in [9.17, 15) is 9.90 Å². The molecule has 0 bridgehead atoms. The first kappa shape index (κ1) is 28.4. The number of hydrogen-bond donors (Lipinski definition) is 5. The number of pyridine rings is 1. The van der Waals surface area contributed by atoms with Gasteiger partial charge in [-0.25, -0.2) is 9.37 Å². The van der Waals surface area contributed by atoms with E-state index in [1.54, 1.807) is 26.1 Å². The third kappa shape index (κ3) is 5.97. The Balaban J connectivity index is 1.40. The van der Waals surface area contributed by atoms with E-state index in [2.05, 4.69) is 20.8 Å². The van der Waals surface area contributed by atoms with Crippen LogP contribution in [0.3, 0.4) is 0 Å². The van der Waals surface area contributed by atoms with Crippen molar-refractivity contribution in [3.8, 4) is 16.9 Å². The lowest BCUT2D eigenvalue weighted by Crippen LogP contribution is -2.33. The number of benzene rings is 2. The van der Waals surface area contributed by atoms with Gasteiger partial charge in [-0.05, 0) is 86.6 Å². The lowest BCUT2D eigenvalue weighted by molar-refractivity contribution is -0.137. The molecule has 2 aromatic carbocycles. The fourth-order valence-electron chi connectivity index (χ4n) is 5.81. The summed E-state index contributed by atoms with van der Waals surface area (Å²) in [5.41, 5.74) is 15.3. The highest BCUT2D eigenvalue weighted by molar-refractivity contribution is 5.98. The van der Waals surface area contributed by atoms with Crippen LogP contribution in [0, 0.1) is 19.7 Å². The quantitative estimate of drug-likeness (QED) is 0.146. The molecule has 216 valence electrons. The zero-order valence-corrected chi connectivity index (χ0v) is 23.7. The maximum atomic E-state index is 15.3. The van der Waals surface area contributed by atoms with E-state index >= 15 is 4.39 Å². The normalized spacial score (nSPS) is 18.0. The van der Waals surface area contributed by atoms with Gasteiger partial charge in [0, 0.05) is 34.9 Å². The van der Waals surface area contributed by atoms with E-state index in [1.807, 2.05) is 32.0 Å². The molecule has 1 aliphatic carbocycles. The predicted molar refractivity (Wildman–Crippen MR) is 156 cm³/mol. The molecule has 2 aliphatic rings. The summed E-state index contributed by atoms with van der Waals surface area (Å²) in [4.78, 5) is 15.6. The molecule has 1 unspecified atom stereocenters. The van der Waals surface area contributed by atoms with Gasteiger partial charge in [0.25, 0.3) is 0 Å². The lowest BCUT2D eigenvalue weighted by atomic mass is 9.89. The minimum absolute atomic E-state index is 0.0103. The number of aryl methyl sites for hydroxylation is 2. The smallest absolute Gasteiger partial charge is 0.304 e. The molecule has 0 saturated heterocycles. The summed E-state index contributed by atoms with van der Waals surface area (Å²) in [5, 5.41) is 26.6. The van der Waals surface area contributed by atoms with Crippen LogP contribution in [0.1, 0.15) is 72.0 Å². The Morgan fingerprint density at radius 1 is 1.24 bits per heavy atom. The van der Waals surface area contributed by atoms with E-state index < -0.39 is 11.6 Å². The molecule has 9 nitrogen and oxygen atoms in total. The second kappa shape index (κ2) is 11.0. The van der Waals surface area contributed by atoms with Crippen LogP contribution in [-0.2, 0) is 11.2 Å². The van der Waals surface area contributed by atoms with Crippen molar-refractivity contribution in [2.75, 3.05) is 18.5 Å². The van der Waals surface area contributed by atoms with Gasteiger partial charge in [-0.2, -0.15) is 5.10 Å². The van der Waals surface area contributed by atoms with Crippen LogP contribution in [0.5, 0.6) is 5.75 Å². The number of halogens is 1. The van der Waals surface area contributed by atoms with Crippen LogP contribution in [0.25, 0.3) is 11.1 Å². The van der Waals surface area contributed by atoms with Gasteiger partial charge < -0.3 is 31.4 Å². The highest BCUT2D eigenvalue weighted by Crippen LogP contribution is 2.43. The van der Waals surface area contributed by atoms with E-state index in [0.717, 1.165) is 38.9 Å². The number of aliphatic hydroxyl groups is 1. The van der Waals surface area contributed by atoms with Crippen molar-refractivity contribution >= 4 is 17.6 Å². The Hall–Kier alpha value is -4.18. The number of nitrogens with zero attached hydrogens (tertiary/aromatic N) is 2. The number of anilines is 1. The first-order valence-corrected chi connectivity index (χ1v) is 13.7. The zero-order chi connectivity index (χ0) is 29.5. The number of ether oxygens (including phenoxy) is 1. The summed E-state index contributed by atoms with van der Waals surface area (Å²) in [6.07, 6.45) is 3.05. The van der Waals surface area contributed by atoms with Gasteiger partial charge in [0.05, 0.1) is 31.2 Å². The first-order valence-electron chi connectivity index (χ1n) is 13.7.